The van der Waals surface area contributed by atoms with Crippen molar-refractivity contribution in [2.45, 2.75) is 19.8 Å². The summed E-state index contributed by atoms with van der Waals surface area (Å²) < 4.78 is 5.73. The molecule has 0 unspecified atom stereocenters. The van der Waals surface area contributed by atoms with Gasteiger partial charge in [-0.05, 0) is 62.7 Å². The maximum Gasteiger partial charge on any atom is 0.325 e. The van der Waals surface area contributed by atoms with Gasteiger partial charge in [-0.2, -0.15) is 0 Å². The van der Waals surface area contributed by atoms with Crippen LogP contribution in [0.3, 0.4) is 0 Å². The minimum Gasteiger partial charge on any atom is -0.492 e. The van der Waals surface area contributed by atoms with E-state index >= 15 is 0 Å². The molecule has 0 saturated carbocycles. The molecule has 0 aliphatic carbocycles. The second kappa shape index (κ2) is 9.90. The molecule has 148 valence electrons. The molecule has 3 rings (SSSR count). The first-order valence-corrected chi connectivity index (χ1v) is 9.69. The molecule has 1 aliphatic rings. The van der Waals surface area contributed by atoms with Crippen molar-refractivity contribution in [3.8, 4) is 5.75 Å². The number of piperidine rings is 1. The van der Waals surface area contributed by atoms with Gasteiger partial charge >= 0.3 is 6.03 Å². The fraction of sp³-hybridized carbons (Fsp3) is 0.364. The first-order valence-electron chi connectivity index (χ1n) is 9.69. The van der Waals surface area contributed by atoms with E-state index in [2.05, 4.69) is 15.5 Å². The van der Waals surface area contributed by atoms with E-state index < -0.39 is 6.03 Å². The normalized spacial score (nSPS) is 15.0. The zero-order valence-corrected chi connectivity index (χ0v) is 16.2. The molecule has 6 nitrogen and oxygen atoms in total. The first kappa shape index (κ1) is 19.9. The lowest BCUT2D eigenvalue weighted by atomic mass is 9.96. The molecule has 2 aromatic rings. The van der Waals surface area contributed by atoms with Crippen LogP contribution in [0, 0.1) is 12.8 Å². The Bertz CT molecular complexity index is 787. The zero-order valence-electron chi connectivity index (χ0n) is 16.2. The zero-order chi connectivity index (χ0) is 19.8. The number of amides is 3. The molecule has 0 aromatic heterocycles. The Hall–Kier alpha value is -2.86. The number of hydrogen-bond acceptors (Lipinski definition) is 4. The molecule has 2 N–H and O–H groups in total. The number of carbonyl (C=O) groups excluding carboxylic acids is 2. The summed E-state index contributed by atoms with van der Waals surface area (Å²) >= 11 is 0. The molecule has 1 heterocycles. The van der Waals surface area contributed by atoms with Gasteiger partial charge in [-0.25, -0.2) is 4.79 Å². The number of para-hydroxylation sites is 1. The van der Waals surface area contributed by atoms with Gasteiger partial charge in [0.05, 0.1) is 0 Å². The van der Waals surface area contributed by atoms with Crippen molar-refractivity contribution >= 4 is 17.6 Å². The molecular weight excluding hydrogens is 354 g/mol. The van der Waals surface area contributed by atoms with Crippen LogP contribution in [0.2, 0.25) is 0 Å². The first-order chi connectivity index (χ1) is 13.6. The molecule has 6 heteroatoms. The third kappa shape index (κ3) is 6.09. The molecule has 3 amide bonds. The SMILES string of the molecule is Cc1cccc(NC(=O)NC(=O)C2CCN(CCOc3ccccc3)CC2)c1. The highest BCUT2D eigenvalue weighted by molar-refractivity contribution is 6.01. The van der Waals surface area contributed by atoms with Gasteiger partial charge in [-0.3, -0.25) is 15.0 Å². The smallest absolute Gasteiger partial charge is 0.325 e. The Morgan fingerprint density at radius 3 is 2.54 bits per heavy atom. The van der Waals surface area contributed by atoms with Crippen molar-refractivity contribution < 1.29 is 14.3 Å². The van der Waals surface area contributed by atoms with Crippen molar-refractivity contribution in [3.05, 3.63) is 60.2 Å². The molecule has 28 heavy (non-hydrogen) atoms. The van der Waals surface area contributed by atoms with E-state index in [0.29, 0.717) is 12.3 Å². The number of ether oxygens (including phenoxy) is 1. The maximum atomic E-state index is 12.4. The number of nitrogens with zero attached hydrogens (tertiary/aromatic N) is 1. The van der Waals surface area contributed by atoms with E-state index in [1.165, 1.54) is 0 Å². The van der Waals surface area contributed by atoms with Crippen LogP contribution in [-0.4, -0.2) is 43.1 Å². The summed E-state index contributed by atoms with van der Waals surface area (Å²) in [6, 6.07) is 16.8. The molecule has 0 radical (unpaired) electrons. The monoisotopic (exact) mass is 381 g/mol. The van der Waals surface area contributed by atoms with Crippen molar-refractivity contribution in [3.63, 3.8) is 0 Å². The van der Waals surface area contributed by atoms with E-state index in [9.17, 15) is 9.59 Å². The van der Waals surface area contributed by atoms with Crippen LogP contribution in [0.4, 0.5) is 10.5 Å². The number of likely N-dealkylation sites (tertiary alicyclic amines) is 1. The van der Waals surface area contributed by atoms with Crippen LogP contribution >= 0.6 is 0 Å². The molecule has 1 fully saturated rings. The van der Waals surface area contributed by atoms with Gasteiger partial charge in [-0.1, -0.05) is 30.3 Å². The summed E-state index contributed by atoms with van der Waals surface area (Å²) in [4.78, 5) is 26.7. The highest BCUT2D eigenvalue weighted by atomic mass is 16.5. The fourth-order valence-electron chi connectivity index (χ4n) is 3.33. The topological polar surface area (TPSA) is 70.7 Å². The van der Waals surface area contributed by atoms with Gasteiger partial charge in [0, 0.05) is 18.2 Å². The van der Waals surface area contributed by atoms with E-state index in [1.54, 1.807) is 6.07 Å². The number of carbonyl (C=O) groups is 2. The Morgan fingerprint density at radius 1 is 1.07 bits per heavy atom. The van der Waals surface area contributed by atoms with Crippen LogP contribution in [-0.2, 0) is 4.79 Å². The molecule has 1 saturated heterocycles. The molecule has 0 atom stereocenters. The number of anilines is 1. The lowest BCUT2D eigenvalue weighted by Crippen LogP contribution is -2.44. The lowest BCUT2D eigenvalue weighted by molar-refractivity contribution is -0.125. The second-order valence-electron chi connectivity index (χ2n) is 7.09. The van der Waals surface area contributed by atoms with Crippen LogP contribution < -0.4 is 15.4 Å². The Labute approximate surface area is 165 Å². The highest BCUT2D eigenvalue weighted by Crippen LogP contribution is 2.18. The minimum absolute atomic E-state index is 0.130. The molecular formula is C22H27N3O3. The van der Waals surface area contributed by atoms with Gasteiger partial charge in [-0.15, -0.1) is 0 Å². The molecule has 2 aromatic carbocycles. The standard InChI is InChI=1S/C22H27N3O3/c1-17-6-5-7-19(16-17)23-22(27)24-21(26)18-10-12-25(13-11-18)14-15-28-20-8-3-2-4-9-20/h2-9,16,18H,10-15H2,1H3,(H2,23,24,26,27). The second-order valence-corrected chi connectivity index (χ2v) is 7.09. The minimum atomic E-state index is -0.478. The van der Waals surface area contributed by atoms with Crippen molar-refractivity contribution in [2.75, 3.05) is 31.6 Å². The van der Waals surface area contributed by atoms with Crippen LogP contribution in [0.5, 0.6) is 5.75 Å². The number of aryl methyl sites for hydroxylation is 1. The van der Waals surface area contributed by atoms with E-state index in [0.717, 1.165) is 43.8 Å². The van der Waals surface area contributed by atoms with E-state index in [-0.39, 0.29) is 11.8 Å². The van der Waals surface area contributed by atoms with Crippen molar-refractivity contribution in [2.24, 2.45) is 5.92 Å². The average Bonchev–Trinajstić information content (AvgIpc) is 2.69. The number of hydrogen-bond donors (Lipinski definition) is 2. The molecule has 1 aliphatic heterocycles. The fourth-order valence-corrected chi connectivity index (χ4v) is 3.33. The third-order valence-corrected chi connectivity index (χ3v) is 4.89. The molecule has 0 spiro atoms. The maximum absolute atomic E-state index is 12.4. The van der Waals surface area contributed by atoms with Gasteiger partial charge in [0.1, 0.15) is 12.4 Å². The number of urea groups is 1. The van der Waals surface area contributed by atoms with Crippen LogP contribution in [0.15, 0.2) is 54.6 Å². The van der Waals surface area contributed by atoms with Crippen LogP contribution in [0.25, 0.3) is 0 Å². The summed E-state index contributed by atoms with van der Waals surface area (Å²) in [5.41, 5.74) is 1.73. The lowest BCUT2D eigenvalue weighted by Gasteiger charge is -2.30. The van der Waals surface area contributed by atoms with E-state index in [4.69, 9.17) is 4.74 Å². The van der Waals surface area contributed by atoms with Crippen molar-refractivity contribution in [1.29, 1.82) is 0 Å². The Morgan fingerprint density at radius 2 is 1.82 bits per heavy atom. The predicted molar refractivity (Wildman–Crippen MR) is 109 cm³/mol. The van der Waals surface area contributed by atoms with Gasteiger partial charge in [0.2, 0.25) is 5.91 Å². The number of nitrogens with one attached hydrogen (secondary N) is 2. The Balaban J connectivity index is 1.35. The number of rotatable bonds is 6. The average molecular weight is 381 g/mol. The van der Waals surface area contributed by atoms with Gasteiger partial charge in [0.25, 0.3) is 0 Å². The van der Waals surface area contributed by atoms with Crippen molar-refractivity contribution in [1.82, 2.24) is 10.2 Å². The molecule has 0 bridgehead atoms. The number of benzene rings is 2. The van der Waals surface area contributed by atoms with Gasteiger partial charge < -0.3 is 10.1 Å². The summed E-state index contributed by atoms with van der Waals surface area (Å²) in [5.74, 6) is 0.538. The van der Waals surface area contributed by atoms with Crippen LogP contribution in [0.1, 0.15) is 18.4 Å². The Kier molecular flexibility index (Phi) is 7.03. The largest absolute Gasteiger partial charge is 0.492 e. The number of imide groups is 1. The summed E-state index contributed by atoms with van der Waals surface area (Å²) in [6.45, 7) is 5.06. The third-order valence-electron chi connectivity index (χ3n) is 4.89. The predicted octanol–water partition coefficient (Wildman–Crippen LogP) is 3.43. The van der Waals surface area contributed by atoms with E-state index in [1.807, 2.05) is 55.5 Å². The summed E-state index contributed by atoms with van der Waals surface area (Å²) in [7, 11) is 0. The quantitative estimate of drug-likeness (QED) is 0.804. The summed E-state index contributed by atoms with van der Waals surface area (Å²) in [5, 5.41) is 5.17. The summed E-state index contributed by atoms with van der Waals surface area (Å²) in [6.07, 6.45) is 1.49. The highest BCUT2D eigenvalue weighted by Gasteiger charge is 2.26. The van der Waals surface area contributed by atoms with Gasteiger partial charge in [0.15, 0.2) is 0 Å².